The molecule has 99 heavy (non-hydrogen) atoms. The van der Waals surface area contributed by atoms with E-state index in [1.165, 1.54) is 70.3 Å². The number of hydrogen-bond acceptors (Lipinski definition) is 14. The molecule has 6 amide bonds. The van der Waals surface area contributed by atoms with Crippen molar-refractivity contribution in [3.05, 3.63) is 218 Å². The van der Waals surface area contributed by atoms with E-state index in [-0.39, 0.29) is 120 Å². The molecule has 3 aliphatic rings. The lowest BCUT2D eigenvalue weighted by molar-refractivity contribution is 0.0565. The first-order valence-corrected chi connectivity index (χ1v) is 34.3. The Hall–Kier alpha value is -10.8. The van der Waals surface area contributed by atoms with Crippen LogP contribution in [0.2, 0.25) is 0 Å². The van der Waals surface area contributed by atoms with E-state index in [2.05, 4.69) is 41.5 Å². The molecule has 0 bridgehead atoms. The maximum Gasteiger partial charge on any atom is 0.261 e. The van der Waals surface area contributed by atoms with Gasteiger partial charge in [-0.1, -0.05) is 148 Å². The van der Waals surface area contributed by atoms with Gasteiger partial charge < -0.3 is 25.2 Å². The predicted octanol–water partition coefficient (Wildman–Crippen LogP) is 16.5. The highest BCUT2D eigenvalue weighted by Gasteiger charge is 2.40. The van der Waals surface area contributed by atoms with Gasteiger partial charge in [-0.15, -0.1) is 0 Å². The van der Waals surface area contributed by atoms with Gasteiger partial charge in [-0.25, -0.2) is 0 Å². The van der Waals surface area contributed by atoms with E-state index in [0.29, 0.717) is 74.7 Å². The first kappa shape index (κ1) is 71.0. The van der Waals surface area contributed by atoms with Crippen LogP contribution in [0.5, 0.6) is 28.7 Å². The molecule has 0 saturated carbocycles. The number of imide groups is 3. The summed E-state index contributed by atoms with van der Waals surface area (Å²) in [5, 5.41) is 43.5. The SMILES string of the molecule is CCCCC(CC)CN1C(=O)c2ccc(O)c3c(C(=O)c4ccccc4O)ccc(c23)C1=O.CCCCC(CC)CN1C(=O)c2ccc(OC)c3c(C(=O)c4ccccc4O)ccc(c23)C1=O.CCCCC(CC)CN1C(=O)c2cccc3c(C(=O)c4ccccc4O)ccc(c23)C1=O. The lowest BCUT2D eigenvalue weighted by Crippen LogP contribution is -2.43. The minimum Gasteiger partial charge on any atom is -0.507 e. The molecule has 9 aromatic carbocycles. The number of para-hydroxylation sites is 3. The van der Waals surface area contributed by atoms with Crippen molar-refractivity contribution in [2.75, 3.05) is 26.7 Å². The zero-order valence-electron chi connectivity index (χ0n) is 57.0. The van der Waals surface area contributed by atoms with Gasteiger partial charge in [0.05, 0.1) is 23.8 Å². The molecule has 0 radical (unpaired) electrons. The van der Waals surface area contributed by atoms with Crippen molar-refractivity contribution in [3.8, 4) is 28.7 Å². The number of aromatic hydroxyl groups is 4. The van der Waals surface area contributed by atoms with Crippen molar-refractivity contribution < 1.29 is 68.3 Å². The molecule has 510 valence electrons. The molecule has 0 aromatic heterocycles. The van der Waals surface area contributed by atoms with Gasteiger partial charge in [0.25, 0.3) is 35.4 Å². The average Bonchev–Trinajstić information content (AvgIpc) is 0.743. The number of ether oxygens (including phenoxy) is 1. The lowest BCUT2D eigenvalue weighted by Gasteiger charge is -2.31. The summed E-state index contributed by atoms with van der Waals surface area (Å²) < 4.78 is 5.54. The summed E-state index contributed by atoms with van der Waals surface area (Å²) >= 11 is 0. The zero-order valence-corrected chi connectivity index (χ0v) is 57.0. The van der Waals surface area contributed by atoms with Gasteiger partial charge in [0, 0.05) is 96.6 Å². The van der Waals surface area contributed by atoms with Crippen molar-refractivity contribution in [1.82, 2.24) is 14.7 Å². The second kappa shape index (κ2) is 31.2. The van der Waals surface area contributed by atoms with Crippen LogP contribution < -0.4 is 4.74 Å². The number of phenols is 4. The summed E-state index contributed by atoms with van der Waals surface area (Å²) in [7, 11) is 1.48. The quantitative estimate of drug-likeness (QED) is 0.0307. The Morgan fingerprint density at radius 3 is 1.03 bits per heavy atom. The van der Waals surface area contributed by atoms with Crippen LogP contribution in [-0.2, 0) is 0 Å². The number of phenolic OH excluding ortho intramolecular Hbond substituents is 4. The Morgan fingerprint density at radius 2 is 0.657 bits per heavy atom. The number of ketones is 3. The molecule has 0 aliphatic carbocycles. The fraction of sp³-hybridized carbons (Fsp3) is 0.305. The van der Waals surface area contributed by atoms with Gasteiger partial charge in [-0.3, -0.25) is 57.9 Å². The van der Waals surface area contributed by atoms with Crippen molar-refractivity contribution >= 4 is 85.1 Å². The standard InChI is InChI=1S/C28H29NO5.C27H27NO5.C27H27NO4/c1-4-6-9-17(5-2)16-29-27(32)20-13-12-19(26(31)18-10-7-8-11-22(18)30)25-23(34-3)15-14-21(24(20)25)28(29)33;1-3-5-8-16(4-2)15-28-26(32)19-12-11-18(25(31)17-9-6-7-10-21(17)29)24-22(30)14-13-20(23(19)24)27(28)33;1-3-5-9-17(4-2)16-28-26(31)21-12-8-11-18-19(14-15-22(24(18)21)27(28)32)25(30)20-10-6-7-13-23(20)29/h7-8,10-15,17,30H,4-6,9,16H2,1-3H3;6-7,9-14,16,29-30H,3-5,8,15H2,1-2H3;6-8,10-15,17,29H,3-5,9,16H2,1-2H3. The number of nitrogens with zero attached hydrogens (tertiary/aromatic N) is 3. The van der Waals surface area contributed by atoms with E-state index < -0.39 is 23.4 Å². The molecule has 12 rings (SSSR count). The number of carbonyl (C=O) groups is 9. The van der Waals surface area contributed by atoms with Gasteiger partial charge in [0.1, 0.15) is 28.7 Å². The van der Waals surface area contributed by atoms with Crippen LogP contribution >= 0.6 is 0 Å². The monoisotopic (exact) mass is 1330 g/mol. The molecule has 3 aliphatic heterocycles. The maximum absolute atomic E-state index is 13.5. The molecule has 3 atom stereocenters. The first-order chi connectivity index (χ1) is 47.8. The highest BCUT2D eigenvalue weighted by molar-refractivity contribution is 6.32. The van der Waals surface area contributed by atoms with E-state index in [1.807, 2.05) is 0 Å². The van der Waals surface area contributed by atoms with Crippen LogP contribution in [0.25, 0.3) is 32.3 Å². The van der Waals surface area contributed by atoms with Gasteiger partial charge in [0.2, 0.25) is 0 Å². The normalized spacial score (nSPS) is 14.0. The molecule has 0 fully saturated rings. The molecule has 3 unspecified atom stereocenters. The van der Waals surface area contributed by atoms with Crippen LogP contribution in [0, 0.1) is 17.8 Å². The highest BCUT2D eigenvalue weighted by Crippen LogP contribution is 2.43. The average molecular weight is 1330 g/mol. The van der Waals surface area contributed by atoms with Crippen LogP contribution in [0.4, 0.5) is 0 Å². The van der Waals surface area contributed by atoms with Gasteiger partial charge in [0.15, 0.2) is 17.3 Å². The minimum absolute atomic E-state index is 0.0782. The number of carbonyl (C=O) groups excluding carboxylic acids is 9. The number of hydrogen-bond donors (Lipinski definition) is 4. The molecular weight excluding hydrogens is 1250 g/mol. The molecular formula is C82H83N3O14. The first-order valence-electron chi connectivity index (χ1n) is 34.3. The van der Waals surface area contributed by atoms with Crippen LogP contribution in [0.15, 0.2) is 152 Å². The van der Waals surface area contributed by atoms with Crippen molar-refractivity contribution in [2.24, 2.45) is 17.8 Å². The Bertz CT molecular complexity index is 4620. The van der Waals surface area contributed by atoms with Crippen LogP contribution in [0.3, 0.4) is 0 Å². The number of methoxy groups -OCH3 is 1. The molecule has 17 nitrogen and oxygen atoms in total. The Morgan fingerprint density at radius 1 is 0.333 bits per heavy atom. The van der Waals surface area contributed by atoms with Crippen molar-refractivity contribution in [2.45, 2.75) is 119 Å². The number of rotatable bonds is 25. The summed E-state index contributed by atoms with van der Waals surface area (Å²) in [5.74, 6) is -2.92. The summed E-state index contributed by atoms with van der Waals surface area (Å²) in [4.78, 5) is 124. The fourth-order valence-corrected chi connectivity index (χ4v) is 13.8. The largest absolute Gasteiger partial charge is 0.507 e. The van der Waals surface area contributed by atoms with E-state index in [4.69, 9.17) is 4.74 Å². The maximum atomic E-state index is 13.5. The topological polar surface area (TPSA) is 253 Å². The van der Waals surface area contributed by atoms with Gasteiger partial charge >= 0.3 is 0 Å². The van der Waals surface area contributed by atoms with E-state index >= 15 is 0 Å². The minimum atomic E-state index is -0.500. The summed E-state index contributed by atoms with van der Waals surface area (Å²) in [6.45, 7) is 13.7. The Kier molecular flexibility index (Phi) is 22.3. The molecule has 17 heteroatoms. The van der Waals surface area contributed by atoms with Gasteiger partial charge in [-0.05, 0) is 146 Å². The third-order valence-electron chi connectivity index (χ3n) is 19.5. The second-order valence-electron chi connectivity index (χ2n) is 25.6. The predicted molar refractivity (Wildman–Crippen MR) is 381 cm³/mol. The van der Waals surface area contributed by atoms with Crippen LogP contribution in [-0.4, -0.2) is 115 Å². The number of amides is 6. The summed E-state index contributed by atoms with van der Waals surface area (Å²) in [5.41, 5.74) is 3.36. The number of benzene rings is 9. The number of unbranched alkanes of at least 4 members (excludes halogenated alkanes) is 3. The Labute approximate surface area is 575 Å². The molecule has 9 aromatic rings. The van der Waals surface area contributed by atoms with Crippen molar-refractivity contribution in [3.63, 3.8) is 0 Å². The second-order valence-corrected chi connectivity index (χ2v) is 25.6. The lowest BCUT2D eigenvalue weighted by atomic mass is 9.87. The van der Waals surface area contributed by atoms with Crippen molar-refractivity contribution in [1.29, 1.82) is 0 Å². The van der Waals surface area contributed by atoms with Crippen LogP contribution in [0.1, 0.15) is 229 Å². The summed E-state index contributed by atoms with van der Waals surface area (Å²) in [6, 6.07) is 39.7. The summed E-state index contributed by atoms with van der Waals surface area (Å²) in [6.07, 6.45) is 11.9. The Balaban J connectivity index is 0.000000161. The van der Waals surface area contributed by atoms with E-state index in [1.54, 1.807) is 103 Å². The fourth-order valence-electron chi connectivity index (χ4n) is 13.8. The molecule has 3 heterocycles. The smallest absolute Gasteiger partial charge is 0.261 e. The molecule has 4 N–H and O–H groups in total. The van der Waals surface area contributed by atoms with E-state index in [9.17, 15) is 63.6 Å². The third kappa shape index (κ3) is 13.9. The molecule has 0 spiro atoms. The highest BCUT2D eigenvalue weighted by atomic mass is 16.5. The zero-order chi connectivity index (χ0) is 70.9. The van der Waals surface area contributed by atoms with E-state index in [0.717, 1.165) is 77.0 Å². The van der Waals surface area contributed by atoms with Gasteiger partial charge in [-0.2, -0.15) is 0 Å². The third-order valence-corrected chi connectivity index (χ3v) is 19.5. The molecule has 0 saturated heterocycles.